The van der Waals surface area contributed by atoms with Gasteiger partial charge in [0.2, 0.25) is 0 Å². The second kappa shape index (κ2) is 3.94. The van der Waals surface area contributed by atoms with Crippen LogP contribution in [0.25, 0.3) is 0 Å². The van der Waals surface area contributed by atoms with Crippen molar-refractivity contribution in [2.24, 2.45) is 11.1 Å². The lowest BCUT2D eigenvalue weighted by molar-refractivity contribution is -0.153. The Balaban J connectivity index is 3.66. The Bertz CT molecular complexity index is 184. The Kier molecular flexibility index (Phi) is 3.53. The maximum Gasteiger partial charge on any atom is 0.314 e. The zero-order valence-corrected chi connectivity index (χ0v) is 7.51. The highest BCUT2D eigenvalue weighted by atomic mass is 16.5. The van der Waals surface area contributed by atoms with E-state index in [1.807, 2.05) is 0 Å². The van der Waals surface area contributed by atoms with Crippen LogP contribution in [0.1, 0.15) is 20.8 Å². The van der Waals surface area contributed by atoms with Gasteiger partial charge in [-0.3, -0.25) is 4.79 Å². The molecule has 0 fully saturated rings. The number of nitrogens with one attached hydrogen (secondary N) is 1. The van der Waals surface area contributed by atoms with E-state index >= 15 is 0 Å². The lowest BCUT2D eigenvalue weighted by Gasteiger charge is -2.16. The molecule has 12 heavy (non-hydrogen) atoms. The van der Waals surface area contributed by atoms with Gasteiger partial charge in [-0.15, -0.1) is 0 Å². The third-order valence-corrected chi connectivity index (χ3v) is 1.06. The zero-order valence-electron chi connectivity index (χ0n) is 7.51. The molecule has 0 aromatic heterocycles. The number of ether oxygens (including phenoxy) is 1. The minimum absolute atomic E-state index is 0.175. The van der Waals surface area contributed by atoms with E-state index < -0.39 is 11.4 Å². The van der Waals surface area contributed by atoms with Crippen LogP contribution in [0.5, 0.6) is 0 Å². The molecule has 0 saturated heterocycles. The molecule has 0 spiro atoms. The van der Waals surface area contributed by atoms with Gasteiger partial charge in [-0.25, -0.2) is 4.79 Å². The second-order valence-corrected chi connectivity index (χ2v) is 3.37. The number of hydrogen-bond donors (Lipinski definition) is 2. The average molecular weight is 174 g/mol. The second-order valence-electron chi connectivity index (χ2n) is 3.37. The summed E-state index contributed by atoms with van der Waals surface area (Å²) in [7, 11) is 0. The number of nitrogens with two attached hydrogens (primary N) is 1. The molecule has 5 nitrogen and oxygen atoms in total. The van der Waals surface area contributed by atoms with Gasteiger partial charge in [-0.1, -0.05) is 0 Å². The van der Waals surface area contributed by atoms with Gasteiger partial charge in [-0.2, -0.15) is 0 Å². The summed E-state index contributed by atoms with van der Waals surface area (Å²) >= 11 is 0. The number of primary amides is 1. The van der Waals surface area contributed by atoms with Crippen LogP contribution in [0.4, 0.5) is 4.79 Å². The molecule has 0 atom stereocenters. The normalized spacial score (nSPS) is 10.6. The minimum Gasteiger partial charge on any atom is -0.444 e. The smallest absolute Gasteiger partial charge is 0.314 e. The fourth-order valence-electron chi connectivity index (χ4n) is 0.389. The molecule has 0 heterocycles. The highest BCUT2D eigenvalue weighted by molar-refractivity contribution is 5.76. The predicted molar refractivity (Wildman–Crippen MR) is 43.1 cm³/mol. The van der Waals surface area contributed by atoms with E-state index in [1.54, 1.807) is 20.8 Å². The molecule has 5 heteroatoms. The van der Waals surface area contributed by atoms with Gasteiger partial charge in [0.1, 0.15) is 0 Å². The lowest BCUT2D eigenvalue weighted by Crippen LogP contribution is -2.34. The van der Waals surface area contributed by atoms with Crippen molar-refractivity contribution in [1.29, 1.82) is 0 Å². The number of carbonyl (C=O) groups is 2. The van der Waals surface area contributed by atoms with Gasteiger partial charge < -0.3 is 15.8 Å². The Labute approximate surface area is 71.3 Å². The molecule has 0 aromatic rings. The van der Waals surface area contributed by atoms with Crippen molar-refractivity contribution >= 4 is 12.0 Å². The van der Waals surface area contributed by atoms with Crippen LogP contribution < -0.4 is 11.1 Å². The molecule has 0 rings (SSSR count). The Hall–Kier alpha value is -1.26. The van der Waals surface area contributed by atoms with E-state index in [0.29, 0.717) is 0 Å². The van der Waals surface area contributed by atoms with Gasteiger partial charge in [-0.05, 0) is 20.8 Å². The van der Waals surface area contributed by atoms with Gasteiger partial charge in [0.05, 0.1) is 5.41 Å². The molecule has 2 amide bonds. The zero-order chi connectivity index (χ0) is 9.78. The van der Waals surface area contributed by atoms with Crippen LogP contribution >= 0.6 is 0 Å². The fraction of sp³-hybridized carbons (Fsp3) is 0.714. The van der Waals surface area contributed by atoms with E-state index in [9.17, 15) is 9.59 Å². The van der Waals surface area contributed by atoms with Crippen molar-refractivity contribution in [2.45, 2.75) is 20.8 Å². The SMILES string of the molecule is CC(C)(C)C(=O)OCNC(N)=O. The molecule has 0 aliphatic heterocycles. The molecule has 0 aromatic carbocycles. The van der Waals surface area contributed by atoms with Crippen molar-refractivity contribution in [3.63, 3.8) is 0 Å². The van der Waals surface area contributed by atoms with Crippen molar-refractivity contribution < 1.29 is 14.3 Å². The number of hydrogen-bond acceptors (Lipinski definition) is 3. The summed E-state index contributed by atoms with van der Waals surface area (Å²) in [6.45, 7) is 4.99. The van der Waals surface area contributed by atoms with Gasteiger partial charge >= 0.3 is 12.0 Å². The molecule has 0 unspecified atom stereocenters. The number of rotatable bonds is 2. The fourth-order valence-corrected chi connectivity index (χ4v) is 0.389. The Morgan fingerprint density at radius 1 is 1.42 bits per heavy atom. The maximum absolute atomic E-state index is 11.0. The quantitative estimate of drug-likeness (QED) is 0.463. The van der Waals surface area contributed by atoms with E-state index in [2.05, 4.69) is 10.1 Å². The summed E-state index contributed by atoms with van der Waals surface area (Å²) in [5, 5.41) is 2.14. The van der Waals surface area contributed by atoms with Crippen LogP contribution in [-0.2, 0) is 9.53 Å². The summed E-state index contributed by atoms with van der Waals surface area (Å²) < 4.78 is 4.67. The first-order chi connectivity index (χ1) is 5.34. The van der Waals surface area contributed by atoms with Crippen LogP contribution in [0.15, 0.2) is 0 Å². The third-order valence-electron chi connectivity index (χ3n) is 1.06. The molecule has 0 aliphatic rings. The van der Waals surface area contributed by atoms with Crippen LogP contribution in [0, 0.1) is 5.41 Å². The number of urea groups is 1. The van der Waals surface area contributed by atoms with Gasteiger partial charge in [0.25, 0.3) is 0 Å². The maximum atomic E-state index is 11.0. The van der Waals surface area contributed by atoms with Crippen molar-refractivity contribution in [3.05, 3.63) is 0 Å². The standard InChI is InChI=1S/C7H14N2O3/c1-7(2,3)5(10)12-4-9-6(8)11/h4H2,1-3H3,(H3,8,9,11). The average Bonchev–Trinajstić information content (AvgIpc) is 1.84. The molecule has 0 radical (unpaired) electrons. The molecule has 0 saturated carbocycles. The molecular weight excluding hydrogens is 160 g/mol. The van der Waals surface area contributed by atoms with E-state index in [0.717, 1.165) is 0 Å². The number of carbonyl (C=O) groups excluding carboxylic acids is 2. The summed E-state index contributed by atoms with van der Waals surface area (Å²) in [5.74, 6) is -0.378. The summed E-state index contributed by atoms with van der Waals surface area (Å²) in [6.07, 6.45) is 0. The Morgan fingerprint density at radius 2 is 1.92 bits per heavy atom. The minimum atomic E-state index is -0.711. The van der Waals surface area contributed by atoms with Crippen LogP contribution in [-0.4, -0.2) is 18.7 Å². The van der Waals surface area contributed by atoms with Crippen molar-refractivity contribution in [1.82, 2.24) is 5.32 Å². The number of amides is 2. The summed E-state index contributed by atoms with van der Waals surface area (Å²) in [6, 6.07) is -0.711. The first kappa shape index (κ1) is 10.7. The number of esters is 1. The predicted octanol–water partition coefficient (Wildman–Crippen LogP) is 0.201. The first-order valence-electron chi connectivity index (χ1n) is 3.54. The molecular formula is C7H14N2O3. The van der Waals surface area contributed by atoms with E-state index in [1.165, 1.54) is 0 Å². The molecule has 0 aliphatic carbocycles. The van der Waals surface area contributed by atoms with Gasteiger partial charge in [0, 0.05) is 0 Å². The summed E-state index contributed by atoms with van der Waals surface area (Å²) in [4.78, 5) is 21.2. The van der Waals surface area contributed by atoms with E-state index in [4.69, 9.17) is 5.73 Å². The summed E-state index contributed by atoms with van der Waals surface area (Å²) in [5.41, 5.74) is 4.19. The molecule has 0 bridgehead atoms. The molecule has 70 valence electrons. The van der Waals surface area contributed by atoms with E-state index in [-0.39, 0.29) is 12.7 Å². The molecule has 3 N–H and O–H groups in total. The third kappa shape index (κ3) is 4.54. The van der Waals surface area contributed by atoms with Gasteiger partial charge in [0.15, 0.2) is 6.73 Å². The Morgan fingerprint density at radius 3 is 2.25 bits per heavy atom. The lowest BCUT2D eigenvalue weighted by atomic mass is 9.98. The van der Waals surface area contributed by atoms with Crippen LogP contribution in [0.2, 0.25) is 0 Å². The topological polar surface area (TPSA) is 81.4 Å². The van der Waals surface area contributed by atoms with Crippen LogP contribution in [0.3, 0.4) is 0 Å². The highest BCUT2D eigenvalue weighted by Crippen LogP contribution is 2.14. The van der Waals surface area contributed by atoms with Crippen molar-refractivity contribution in [3.8, 4) is 0 Å². The largest absolute Gasteiger partial charge is 0.444 e. The highest BCUT2D eigenvalue weighted by Gasteiger charge is 2.22. The van der Waals surface area contributed by atoms with Crippen molar-refractivity contribution in [2.75, 3.05) is 6.73 Å². The first-order valence-corrected chi connectivity index (χ1v) is 3.54. The monoisotopic (exact) mass is 174 g/mol.